The van der Waals surface area contributed by atoms with Gasteiger partial charge in [-0.1, -0.05) is 59.6 Å². The molecule has 4 amide bonds. The number of anilines is 1. The summed E-state index contributed by atoms with van der Waals surface area (Å²) in [5.41, 5.74) is -0.559. The van der Waals surface area contributed by atoms with Crippen molar-refractivity contribution in [2.24, 2.45) is 0 Å². The summed E-state index contributed by atoms with van der Waals surface area (Å²) in [5, 5.41) is 5.15. The molecule has 0 bridgehead atoms. The molecular weight excluding hydrogens is 429 g/mol. The highest BCUT2D eigenvalue weighted by molar-refractivity contribution is 9.10. The second kappa shape index (κ2) is 8.10. The van der Waals surface area contributed by atoms with E-state index in [1.807, 2.05) is 13.0 Å². The number of urea groups is 1. The summed E-state index contributed by atoms with van der Waals surface area (Å²) in [6, 6.07) is 12.5. The molecule has 1 saturated heterocycles. The molecular formula is C20H19BrFN3O3. The van der Waals surface area contributed by atoms with Gasteiger partial charge >= 0.3 is 6.03 Å². The molecule has 28 heavy (non-hydrogen) atoms. The minimum atomic E-state index is -1.20. The van der Waals surface area contributed by atoms with Gasteiger partial charge in [0.25, 0.3) is 5.91 Å². The Kier molecular flexibility index (Phi) is 5.79. The number of amides is 4. The lowest BCUT2D eigenvalue weighted by atomic mass is 9.85. The SMILES string of the molecule is CCC[C@@]1(c2ccccc2)NC(=O)N(CC(=O)Nc2ccc(Br)cc2F)C1=O. The Morgan fingerprint density at radius 2 is 1.93 bits per heavy atom. The van der Waals surface area contributed by atoms with Crippen molar-refractivity contribution < 1.29 is 18.8 Å². The van der Waals surface area contributed by atoms with E-state index < -0.39 is 35.7 Å². The maximum absolute atomic E-state index is 13.9. The number of rotatable bonds is 6. The number of nitrogens with one attached hydrogen (secondary N) is 2. The van der Waals surface area contributed by atoms with Gasteiger partial charge < -0.3 is 10.6 Å². The largest absolute Gasteiger partial charge is 0.325 e. The van der Waals surface area contributed by atoms with Crippen molar-refractivity contribution in [3.8, 4) is 0 Å². The maximum atomic E-state index is 13.9. The van der Waals surface area contributed by atoms with Gasteiger partial charge in [0.2, 0.25) is 5.91 Å². The summed E-state index contributed by atoms with van der Waals surface area (Å²) >= 11 is 3.14. The van der Waals surface area contributed by atoms with Crippen molar-refractivity contribution >= 4 is 39.5 Å². The molecule has 146 valence electrons. The summed E-state index contributed by atoms with van der Waals surface area (Å²) in [7, 11) is 0. The number of hydrogen-bond donors (Lipinski definition) is 2. The van der Waals surface area contributed by atoms with Gasteiger partial charge in [0.1, 0.15) is 17.9 Å². The third kappa shape index (κ3) is 3.77. The van der Waals surface area contributed by atoms with Crippen molar-refractivity contribution in [2.45, 2.75) is 25.3 Å². The Morgan fingerprint density at radius 3 is 2.57 bits per heavy atom. The van der Waals surface area contributed by atoms with E-state index in [4.69, 9.17) is 0 Å². The van der Waals surface area contributed by atoms with E-state index in [1.54, 1.807) is 30.3 Å². The molecule has 0 radical (unpaired) electrons. The molecule has 1 aliphatic rings. The molecule has 1 atom stereocenters. The number of imide groups is 1. The summed E-state index contributed by atoms with van der Waals surface area (Å²) < 4.78 is 14.4. The fraction of sp³-hybridized carbons (Fsp3) is 0.250. The molecule has 6 nitrogen and oxygen atoms in total. The minimum Gasteiger partial charge on any atom is -0.322 e. The Bertz CT molecular complexity index is 922. The van der Waals surface area contributed by atoms with Crippen LogP contribution in [0, 0.1) is 5.82 Å². The van der Waals surface area contributed by atoms with Gasteiger partial charge in [-0.3, -0.25) is 14.5 Å². The van der Waals surface area contributed by atoms with Crippen molar-refractivity contribution in [3.63, 3.8) is 0 Å². The zero-order valence-corrected chi connectivity index (χ0v) is 16.8. The third-order valence-electron chi connectivity index (χ3n) is 4.57. The molecule has 1 heterocycles. The Morgan fingerprint density at radius 1 is 1.21 bits per heavy atom. The molecule has 8 heteroatoms. The van der Waals surface area contributed by atoms with Crippen molar-refractivity contribution in [1.29, 1.82) is 0 Å². The Balaban J connectivity index is 1.80. The van der Waals surface area contributed by atoms with Gasteiger partial charge in [0, 0.05) is 4.47 Å². The first-order valence-corrected chi connectivity index (χ1v) is 9.61. The number of carbonyl (C=O) groups is 3. The van der Waals surface area contributed by atoms with Crippen molar-refractivity contribution in [2.75, 3.05) is 11.9 Å². The number of nitrogens with zero attached hydrogens (tertiary/aromatic N) is 1. The first-order valence-electron chi connectivity index (χ1n) is 8.82. The van der Waals surface area contributed by atoms with E-state index in [2.05, 4.69) is 26.6 Å². The molecule has 2 aromatic rings. The highest BCUT2D eigenvalue weighted by Gasteiger charge is 2.52. The predicted molar refractivity (Wildman–Crippen MR) is 106 cm³/mol. The van der Waals surface area contributed by atoms with Crippen LogP contribution < -0.4 is 10.6 Å². The van der Waals surface area contributed by atoms with Crippen LogP contribution in [0.5, 0.6) is 0 Å². The highest BCUT2D eigenvalue weighted by Crippen LogP contribution is 2.33. The summed E-state index contributed by atoms with van der Waals surface area (Å²) in [6.45, 7) is 1.41. The van der Waals surface area contributed by atoms with Gasteiger partial charge in [-0.05, 0) is 30.2 Å². The standard InChI is InChI=1S/C20H19BrFN3O3/c1-2-10-20(13-6-4-3-5-7-13)18(27)25(19(28)24-20)12-17(26)23-16-9-8-14(21)11-15(16)22/h3-9,11H,2,10,12H2,1H3,(H,23,26)(H,24,28)/t20-/m0/s1. The van der Waals surface area contributed by atoms with Gasteiger partial charge in [-0.2, -0.15) is 0 Å². The molecule has 1 aliphatic heterocycles. The summed E-state index contributed by atoms with van der Waals surface area (Å²) in [5.74, 6) is -1.77. The summed E-state index contributed by atoms with van der Waals surface area (Å²) in [4.78, 5) is 38.8. The van der Waals surface area contributed by atoms with Crippen LogP contribution in [0.2, 0.25) is 0 Å². The zero-order chi connectivity index (χ0) is 20.3. The lowest BCUT2D eigenvalue weighted by Gasteiger charge is -2.26. The molecule has 1 fully saturated rings. The van der Waals surface area contributed by atoms with E-state index in [-0.39, 0.29) is 5.69 Å². The number of carbonyl (C=O) groups excluding carboxylic acids is 3. The number of benzene rings is 2. The van der Waals surface area contributed by atoms with Crippen molar-refractivity contribution in [3.05, 3.63) is 64.4 Å². The average Bonchev–Trinajstić information content (AvgIpc) is 2.90. The molecule has 0 spiro atoms. The average molecular weight is 448 g/mol. The maximum Gasteiger partial charge on any atom is 0.325 e. The molecule has 0 unspecified atom stereocenters. The van der Waals surface area contributed by atoms with Gasteiger partial charge in [-0.25, -0.2) is 9.18 Å². The second-order valence-electron chi connectivity index (χ2n) is 6.52. The van der Waals surface area contributed by atoms with E-state index in [1.165, 1.54) is 12.1 Å². The molecule has 0 aliphatic carbocycles. The molecule has 3 rings (SSSR count). The van der Waals surface area contributed by atoms with Gasteiger partial charge in [0.15, 0.2) is 0 Å². The molecule has 0 aromatic heterocycles. The van der Waals surface area contributed by atoms with Gasteiger partial charge in [-0.15, -0.1) is 0 Å². The number of hydrogen-bond acceptors (Lipinski definition) is 3. The lowest BCUT2D eigenvalue weighted by molar-refractivity contribution is -0.134. The quantitative estimate of drug-likeness (QED) is 0.661. The molecule has 0 saturated carbocycles. The van der Waals surface area contributed by atoms with E-state index >= 15 is 0 Å². The third-order valence-corrected chi connectivity index (χ3v) is 5.07. The van der Waals surface area contributed by atoms with Gasteiger partial charge in [0.05, 0.1) is 5.69 Å². The van der Waals surface area contributed by atoms with E-state index in [0.717, 1.165) is 4.90 Å². The van der Waals surface area contributed by atoms with Crippen LogP contribution in [0.25, 0.3) is 0 Å². The predicted octanol–water partition coefficient (Wildman–Crippen LogP) is 3.77. The van der Waals surface area contributed by atoms with Crippen LogP contribution in [0.4, 0.5) is 14.9 Å². The minimum absolute atomic E-state index is 0.0249. The number of halogens is 2. The van der Waals surface area contributed by atoms with Crippen LogP contribution in [0.1, 0.15) is 25.3 Å². The van der Waals surface area contributed by atoms with E-state index in [9.17, 15) is 18.8 Å². The fourth-order valence-corrected chi connectivity index (χ4v) is 3.63. The van der Waals surface area contributed by atoms with Crippen molar-refractivity contribution in [1.82, 2.24) is 10.2 Å². The van der Waals surface area contributed by atoms with Crippen LogP contribution >= 0.6 is 15.9 Å². The van der Waals surface area contributed by atoms with Crippen LogP contribution in [0.15, 0.2) is 53.0 Å². The van der Waals surface area contributed by atoms with Crippen LogP contribution in [-0.4, -0.2) is 29.3 Å². The summed E-state index contributed by atoms with van der Waals surface area (Å²) in [6.07, 6.45) is 1.06. The highest BCUT2D eigenvalue weighted by atomic mass is 79.9. The first-order chi connectivity index (χ1) is 13.4. The Hall–Kier alpha value is -2.74. The second-order valence-corrected chi connectivity index (χ2v) is 7.43. The van der Waals surface area contributed by atoms with Crippen LogP contribution in [0.3, 0.4) is 0 Å². The normalized spacial score (nSPS) is 18.9. The van der Waals surface area contributed by atoms with E-state index in [0.29, 0.717) is 22.9 Å². The lowest BCUT2D eigenvalue weighted by Crippen LogP contribution is -2.44. The molecule has 2 N–H and O–H groups in total. The van der Waals surface area contributed by atoms with Crippen LogP contribution in [-0.2, 0) is 15.1 Å². The smallest absolute Gasteiger partial charge is 0.322 e. The fourth-order valence-electron chi connectivity index (χ4n) is 3.30. The monoisotopic (exact) mass is 447 g/mol. The topological polar surface area (TPSA) is 78.5 Å². The molecule has 2 aromatic carbocycles. The Labute approximate surface area is 170 Å². The first kappa shape index (κ1) is 20.0. The zero-order valence-electron chi connectivity index (χ0n) is 15.2.